The molecule has 0 bridgehead atoms. The highest BCUT2D eigenvalue weighted by atomic mass is 16.5. The number of aromatic carboxylic acids is 1. The maximum absolute atomic E-state index is 11.7. The molecule has 5 heteroatoms. The number of hydrogen-bond acceptors (Lipinski definition) is 4. The lowest BCUT2D eigenvalue weighted by Crippen LogP contribution is -2.16. The molecule has 1 unspecified atom stereocenters. The first-order valence-corrected chi connectivity index (χ1v) is 7.78. The largest absolute Gasteiger partial charge is 0.478 e. The molecule has 0 fully saturated rings. The number of carboxylic acids is 1. The molecule has 2 aromatic rings. The van der Waals surface area contributed by atoms with Crippen LogP contribution in [0.2, 0.25) is 0 Å². The van der Waals surface area contributed by atoms with Crippen LogP contribution in [0.1, 0.15) is 21.5 Å². The van der Waals surface area contributed by atoms with Gasteiger partial charge in [-0.2, -0.15) is 0 Å². The summed E-state index contributed by atoms with van der Waals surface area (Å²) in [6.07, 6.45) is 4.23. The molecular weight excluding hydrogens is 318 g/mol. The van der Waals surface area contributed by atoms with E-state index in [0.717, 1.165) is 16.7 Å². The predicted molar refractivity (Wildman–Crippen MR) is 94.1 cm³/mol. The Labute approximate surface area is 144 Å². The fraction of sp³-hybridized carbons (Fsp3) is 0.0500. The first-order chi connectivity index (χ1) is 12.0. The molecule has 0 amide bonds. The van der Waals surface area contributed by atoms with Crippen LogP contribution in [0.25, 0.3) is 5.57 Å². The molecule has 2 aromatic carbocycles. The van der Waals surface area contributed by atoms with Crippen LogP contribution in [-0.4, -0.2) is 22.3 Å². The Kier molecular flexibility index (Phi) is 3.44. The van der Waals surface area contributed by atoms with Crippen LogP contribution in [0, 0.1) is 0 Å². The van der Waals surface area contributed by atoms with Gasteiger partial charge in [-0.3, -0.25) is 0 Å². The van der Waals surface area contributed by atoms with Crippen molar-refractivity contribution in [3.63, 3.8) is 0 Å². The molecule has 124 valence electrons. The van der Waals surface area contributed by atoms with E-state index in [2.05, 4.69) is 0 Å². The monoisotopic (exact) mass is 333 g/mol. The van der Waals surface area contributed by atoms with E-state index in [9.17, 15) is 15.0 Å². The number of anilines is 1. The normalized spacial score (nSPS) is 18.1. The number of fused-ring (bicyclic) bond motifs is 2. The second-order valence-electron chi connectivity index (χ2n) is 5.88. The Balaban J connectivity index is 2.06. The summed E-state index contributed by atoms with van der Waals surface area (Å²) in [7, 11) is 0. The maximum atomic E-state index is 11.7. The maximum Gasteiger partial charge on any atom is 0.336 e. The average Bonchev–Trinajstić information content (AvgIpc) is 2.59. The van der Waals surface area contributed by atoms with E-state index in [-0.39, 0.29) is 5.56 Å². The zero-order chi connectivity index (χ0) is 17.6. The van der Waals surface area contributed by atoms with Gasteiger partial charge in [0.15, 0.2) is 0 Å². The summed E-state index contributed by atoms with van der Waals surface area (Å²) >= 11 is 0. The van der Waals surface area contributed by atoms with Crippen LogP contribution in [0.15, 0.2) is 72.0 Å². The third-order valence-corrected chi connectivity index (χ3v) is 4.24. The third kappa shape index (κ3) is 2.51. The second-order valence-corrected chi connectivity index (χ2v) is 5.88. The van der Waals surface area contributed by atoms with Gasteiger partial charge >= 0.3 is 5.97 Å². The standard InChI is InChI=1S/C20H15NO4/c21-11-5-7-15-17(9-11)25-18-10-12(22)6-8-16(18)19(15)13-3-1-2-4-14(13)20(23)24/h1-10,12,22H,21H2,(H,23,24). The molecule has 1 aliphatic heterocycles. The zero-order valence-corrected chi connectivity index (χ0v) is 13.1. The fourth-order valence-corrected chi connectivity index (χ4v) is 3.14. The van der Waals surface area contributed by atoms with Gasteiger partial charge in [-0.05, 0) is 29.8 Å². The highest BCUT2D eigenvalue weighted by Gasteiger charge is 2.28. The number of carboxylic acid groups (broad SMARTS) is 1. The van der Waals surface area contributed by atoms with E-state index in [1.54, 1.807) is 54.6 Å². The van der Waals surface area contributed by atoms with Crippen molar-refractivity contribution in [3.05, 3.63) is 88.7 Å². The topological polar surface area (TPSA) is 92.8 Å². The van der Waals surface area contributed by atoms with Crippen molar-refractivity contribution in [1.82, 2.24) is 0 Å². The summed E-state index contributed by atoms with van der Waals surface area (Å²) < 4.78 is 5.90. The highest BCUT2D eigenvalue weighted by Crippen LogP contribution is 2.44. The van der Waals surface area contributed by atoms with Gasteiger partial charge in [-0.15, -0.1) is 0 Å². The number of benzene rings is 2. The lowest BCUT2D eigenvalue weighted by atomic mass is 9.85. The van der Waals surface area contributed by atoms with E-state index in [4.69, 9.17) is 10.5 Å². The molecule has 0 saturated carbocycles. The Bertz CT molecular complexity index is 985. The van der Waals surface area contributed by atoms with E-state index < -0.39 is 12.1 Å². The van der Waals surface area contributed by atoms with Gasteiger partial charge in [0.05, 0.1) is 11.7 Å². The minimum Gasteiger partial charge on any atom is -0.478 e. The summed E-state index contributed by atoms with van der Waals surface area (Å²) in [5, 5.41) is 19.4. The molecule has 5 nitrogen and oxygen atoms in total. The molecule has 0 spiro atoms. The summed E-state index contributed by atoms with van der Waals surface area (Å²) in [5.74, 6) is 0.0218. The second kappa shape index (κ2) is 5.65. The van der Waals surface area contributed by atoms with Crippen molar-refractivity contribution < 1.29 is 19.7 Å². The number of aliphatic hydroxyl groups is 1. The van der Waals surface area contributed by atoms with Gasteiger partial charge in [-0.1, -0.05) is 30.4 Å². The minimum absolute atomic E-state index is 0.202. The van der Waals surface area contributed by atoms with Crippen LogP contribution >= 0.6 is 0 Å². The first kappa shape index (κ1) is 15.2. The molecule has 1 atom stereocenters. The lowest BCUT2D eigenvalue weighted by molar-refractivity contribution is 0.0696. The van der Waals surface area contributed by atoms with Crippen LogP contribution in [0.5, 0.6) is 5.75 Å². The van der Waals surface area contributed by atoms with Crippen molar-refractivity contribution >= 4 is 17.2 Å². The molecule has 4 N–H and O–H groups in total. The fourth-order valence-electron chi connectivity index (χ4n) is 3.14. The van der Waals surface area contributed by atoms with Gasteiger partial charge in [0.25, 0.3) is 0 Å². The molecule has 25 heavy (non-hydrogen) atoms. The van der Waals surface area contributed by atoms with Crippen molar-refractivity contribution in [2.24, 2.45) is 0 Å². The number of aliphatic hydroxyl groups excluding tert-OH is 1. The van der Waals surface area contributed by atoms with Gasteiger partial charge in [-0.25, -0.2) is 4.79 Å². The predicted octanol–water partition coefficient (Wildman–Crippen LogP) is 2.98. The third-order valence-electron chi connectivity index (χ3n) is 4.24. The van der Waals surface area contributed by atoms with Crippen LogP contribution < -0.4 is 10.5 Å². The zero-order valence-electron chi connectivity index (χ0n) is 13.1. The smallest absolute Gasteiger partial charge is 0.336 e. The summed E-state index contributed by atoms with van der Waals surface area (Å²) in [5.41, 5.74) is 9.44. The number of carbonyl (C=O) groups is 1. The molecule has 0 aromatic heterocycles. The molecule has 0 radical (unpaired) electrons. The molecular formula is C20H15NO4. The Hall–Kier alpha value is -3.31. The van der Waals surface area contributed by atoms with Gasteiger partial charge in [0.2, 0.25) is 0 Å². The van der Waals surface area contributed by atoms with Crippen LogP contribution in [0.3, 0.4) is 0 Å². The summed E-state index contributed by atoms with van der Waals surface area (Å²) in [6, 6.07) is 12.1. The Morgan fingerprint density at radius 3 is 2.72 bits per heavy atom. The molecule has 4 rings (SSSR count). The Morgan fingerprint density at radius 2 is 1.92 bits per heavy atom. The van der Waals surface area contributed by atoms with Crippen molar-refractivity contribution in [1.29, 1.82) is 0 Å². The number of allylic oxidation sites excluding steroid dienone is 1. The van der Waals surface area contributed by atoms with E-state index in [1.807, 2.05) is 6.07 Å². The highest BCUT2D eigenvalue weighted by molar-refractivity contribution is 6.00. The van der Waals surface area contributed by atoms with E-state index in [0.29, 0.717) is 22.8 Å². The average molecular weight is 333 g/mol. The van der Waals surface area contributed by atoms with Crippen molar-refractivity contribution in [2.75, 3.05) is 5.73 Å². The quantitative estimate of drug-likeness (QED) is 0.735. The number of nitrogens with two attached hydrogens (primary N) is 1. The molecule has 1 heterocycles. The van der Waals surface area contributed by atoms with Crippen molar-refractivity contribution in [2.45, 2.75) is 6.10 Å². The van der Waals surface area contributed by atoms with Crippen LogP contribution in [-0.2, 0) is 0 Å². The lowest BCUT2D eigenvalue weighted by Gasteiger charge is -2.28. The van der Waals surface area contributed by atoms with Crippen LogP contribution in [0.4, 0.5) is 5.69 Å². The summed E-state index contributed by atoms with van der Waals surface area (Å²) in [6.45, 7) is 0. The Morgan fingerprint density at radius 1 is 1.12 bits per heavy atom. The minimum atomic E-state index is -1.00. The SMILES string of the molecule is Nc1ccc2c(c1)OC1=CC(O)C=CC1=C2c1ccccc1C(=O)O. The van der Waals surface area contributed by atoms with Gasteiger partial charge in [0, 0.05) is 28.5 Å². The number of nitrogen functional groups attached to an aromatic ring is 1. The number of hydrogen-bond donors (Lipinski definition) is 3. The van der Waals surface area contributed by atoms with E-state index in [1.165, 1.54) is 0 Å². The molecule has 2 aliphatic rings. The number of rotatable bonds is 2. The molecule has 1 aliphatic carbocycles. The van der Waals surface area contributed by atoms with Crippen molar-refractivity contribution in [3.8, 4) is 5.75 Å². The first-order valence-electron chi connectivity index (χ1n) is 7.78. The van der Waals surface area contributed by atoms with Gasteiger partial charge in [0.1, 0.15) is 11.5 Å². The molecule has 0 saturated heterocycles. The van der Waals surface area contributed by atoms with Gasteiger partial charge < -0.3 is 20.7 Å². The van der Waals surface area contributed by atoms with E-state index >= 15 is 0 Å². The number of ether oxygens (including phenoxy) is 1. The summed E-state index contributed by atoms with van der Waals surface area (Å²) in [4.78, 5) is 11.7.